The number of carbonyl (C=O) groups is 3. The molecule has 0 saturated heterocycles. The minimum absolute atomic E-state index is 0.0475. The number of anilines is 1. The molecule has 2 aromatic rings. The number of carboxylic acids is 1. The Balaban J connectivity index is 1.54. The van der Waals surface area contributed by atoms with Crippen LogP contribution in [0.15, 0.2) is 63.8 Å². The third-order valence-electron chi connectivity index (χ3n) is 6.37. The summed E-state index contributed by atoms with van der Waals surface area (Å²) in [5, 5.41) is 28.6. The molecule has 1 aliphatic heterocycles. The highest BCUT2D eigenvalue weighted by Crippen LogP contribution is 2.42. The highest BCUT2D eigenvalue weighted by molar-refractivity contribution is 6.08. The number of fused-ring (bicyclic) bond motifs is 2. The molecule has 0 radical (unpaired) electrons. The highest BCUT2D eigenvalue weighted by Gasteiger charge is 2.22. The van der Waals surface area contributed by atoms with Gasteiger partial charge in [0.05, 0.1) is 11.6 Å². The summed E-state index contributed by atoms with van der Waals surface area (Å²) >= 11 is 0. The monoisotopic (exact) mass is 546 g/mol. The SMILES string of the molecule is CCNC(=O)[C@H](N)CCCCNC(=O)Nc1ccc(-c2c3ccc(=O)cc-3oc3cc(O)ccc23)c(C(=O)O)c1. The van der Waals surface area contributed by atoms with Crippen molar-refractivity contribution < 1.29 is 29.0 Å². The standard InChI is InChI=1S/C29H30N4O7/c1-2-31-27(36)23(30)5-3-4-12-32-29(39)33-16-6-9-19(22(13-16)28(37)38)26-20-10-7-17(34)14-24(20)40-25-15-18(35)8-11-21(25)26/h6-11,13-15,23,34H,2-5,12,30H2,1H3,(H,31,36)(H,37,38)(H2,32,33,39)/t23-/m1/s1. The zero-order chi connectivity index (χ0) is 28.8. The van der Waals surface area contributed by atoms with E-state index in [0.717, 1.165) is 0 Å². The molecule has 0 spiro atoms. The molecular formula is C29H30N4O7. The Morgan fingerprint density at radius 3 is 2.50 bits per heavy atom. The number of hydrogen-bond acceptors (Lipinski definition) is 7. The topological polar surface area (TPSA) is 184 Å². The van der Waals surface area contributed by atoms with Gasteiger partial charge < -0.3 is 36.3 Å². The lowest BCUT2D eigenvalue weighted by atomic mass is 9.90. The van der Waals surface area contributed by atoms with Gasteiger partial charge in [-0.3, -0.25) is 9.59 Å². The van der Waals surface area contributed by atoms with E-state index in [0.29, 0.717) is 54.4 Å². The lowest BCUT2D eigenvalue weighted by Gasteiger charge is -2.17. The van der Waals surface area contributed by atoms with Crippen LogP contribution in [0.1, 0.15) is 36.5 Å². The molecule has 1 heterocycles. The molecular weight excluding hydrogens is 516 g/mol. The van der Waals surface area contributed by atoms with Crippen molar-refractivity contribution in [1.82, 2.24) is 10.6 Å². The lowest BCUT2D eigenvalue weighted by molar-refractivity contribution is -0.122. The molecule has 40 heavy (non-hydrogen) atoms. The third kappa shape index (κ3) is 6.38. The fraction of sp³-hybridized carbons (Fsp3) is 0.241. The maximum atomic E-state index is 12.4. The number of rotatable bonds is 10. The Morgan fingerprint density at radius 2 is 1.75 bits per heavy atom. The van der Waals surface area contributed by atoms with E-state index in [1.165, 1.54) is 30.3 Å². The fourth-order valence-corrected chi connectivity index (χ4v) is 4.47. The van der Waals surface area contributed by atoms with Crippen LogP contribution in [0, 0.1) is 0 Å². The molecule has 0 fully saturated rings. The molecule has 1 atom stereocenters. The Kier molecular flexibility index (Phi) is 8.65. The molecule has 1 aliphatic carbocycles. The normalized spacial score (nSPS) is 11.8. The van der Waals surface area contributed by atoms with Crippen molar-refractivity contribution in [2.75, 3.05) is 18.4 Å². The number of unbranched alkanes of at least 4 members (excludes halogenated alkanes) is 1. The largest absolute Gasteiger partial charge is 0.508 e. The Bertz CT molecular complexity index is 1600. The van der Waals surface area contributed by atoms with Crippen LogP contribution >= 0.6 is 0 Å². The number of amides is 3. The molecule has 0 aromatic heterocycles. The fourth-order valence-electron chi connectivity index (χ4n) is 4.47. The first-order valence-electron chi connectivity index (χ1n) is 12.8. The summed E-state index contributed by atoms with van der Waals surface area (Å²) in [6.07, 6.45) is 1.75. The van der Waals surface area contributed by atoms with Crippen LogP contribution in [0.2, 0.25) is 0 Å². The summed E-state index contributed by atoms with van der Waals surface area (Å²) in [6.45, 7) is 2.68. The van der Waals surface area contributed by atoms with Gasteiger partial charge in [-0.2, -0.15) is 0 Å². The first kappa shape index (κ1) is 28.1. The lowest BCUT2D eigenvalue weighted by Crippen LogP contribution is -2.40. The van der Waals surface area contributed by atoms with Crippen molar-refractivity contribution in [3.05, 3.63) is 70.4 Å². The van der Waals surface area contributed by atoms with Gasteiger partial charge in [0.15, 0.2) is 5.43 Å². The number of carbonyl (C=O) groups excluding carboxylic acids is 2. The van der Waals surface area contributed by atoms with Crippen molar-refractivity contribution in [3.63, 3.8) is 0 Å². The molecule has 11 heteroatoms. The second kappa shape index (κ2) is 12.3. The number of nitrogens with one attached hydrogen (secondary N) is 3. The van der Waals surface area contributed by atoms with E-state index in [1.54, 1.807) is 24.3 Å². The number of hydrogen-bond donors (Lipinski definition) is 6. The van der Waals surface area contributed by atoms with E-state index in [4.69, 9.17) is 10.2 Å². The van der Waals surface area contributed by atoms with Crippen molar-refractivity contribution >= 4 is 34.6 Å². The molecule has 0 unspecified atom stereocenters. The molecule has 2 aliphatic rings. The molecule has 2 aromatic carbocycles. The van der Waals surface area contributed by atoms with Gasteiger partial charge in [-0.25, -0.2) is 9.59 Å². The number of aromatic carboxylic acids is 1. The van der Waals surface area contributed by atoms with Crippen LogP contribution in [0.4, 0.5) is 10.5 Å². The van der Waals surface area contributed by atoms with Crippen LogP contribution in [0.3, 0.4) is 0 Å². The van der Waals surface area contributed by atoms with Gasteiger partial charge >= 0.3 is 12.0 Å². The Morgan fingerprint density at radius 1 is 0.975 bits per heavy atom. The van der Waals surface area contributed by atoms with Crippen molar-refractivity contribution in [3.8, 4) is 28.2 Å². The first-order chi connectivity index (χ1) is 19.2. The van der Waals surface area contributed by atoms with Gasteiger partial charge in [-0.05, 0) is 68.1 Å². The number of nitrogens with two attached hydrogens (primary N) is 1. The average molecular weight is 547 g/mol. The number of carboxylic acid groups (broad SMARTS) is 1. The van der Waals surface area contributed by atoms with Gasteiger partial charge in [0.2, 0.25) is 5.91 Å². The third-order valence-corrected chi connectivity index (χ3v) is 6.37. The number of benzene rings is 3. The second-order valence-electron chi connectivity index (χ2n) is 9.26. The minimum Gasteiger partial charge on any atom is -0.508 e. The van der Waals surface area contributed by atoms with Gasteiger partial charge in [-0.1, -0.05) is 6.07 Å². The molecule has 7 N–H and O–H groups in total. The summed E-state index contributed by atoms with van der Waals surface area (Å²) in [5.41, 5.74) is 7.38. The zero-order valence-corrected chi connectivity index (χ0v) is 21.8. The summed E-state index contributed by atoms with van der Waals surface area (Å²) in [5.74, 6) is -1.23. The zero-order valence-electron chi connectivity index (χ0n) is 21.8. The number of aromatic hydroxyl groups is 1. The summed E-state index contributed by atoms with van der Waals surface area (Å²) in [6, 6.07) is 12.1. The van der Waals surface area contributed by atoms with Crippen molar-refractivity contribution in [2.24, 2.45) is 5.73 Å². The van der Waals surface area contributed by atoms with Crippen LogP contribution in [-0.2, 0) is 4.79 Å². The second-order valence-corrected chi connectivity index (χ2v) is 9.26. The van der Waals surface area contributed by atoms with E-state index in [9.17, 15) is 29.4 Å². The van der Waals surface area contributed by atoms with Gasteiger partial charge in [0.1, 0.15) is 17.1 Å². The molecule has 0 bridgehead atoms. The number of phenolic OH excluding ortho intramolecular Hbond substituents is 1. The average Bonchev–Trinajstić information content (AvgIpc) is 2.91. The molecule has 3 amide bonds. The van der Waals surface area contributed by atoms with Gasteiger partial charge in [-0.15, -0.1) is 0 Å². The maximum Gasteiger partial charge on any atom is 0.336 e. The summed E-state index contributed by atoms with van der Waals surface area (Å²) in [7, 11) is 0. The molecule has 208 valence electrons. The quantitative estimate of drug-likeness (QED) is 0.128. The van der Waals surface area contributed by atoms with Gasteiger partial charge in [0.25, 0.3) is 0 Å². The van der Waals surface area contributed by atoms with E-state index >= 15 is 0 Å². The van der Waals surface area contributed by atoms with Crippen LogP contribution < -0.4 is 27.1 Å². The Hall–Kier alpha value is -4.90. The first-order valence-corrected chi connectivity index (χ1v) is 12.8. The van der Waals surface area contributed by atoms with Crippen LogP contribution in [0.5, 0.6) is 5.75 Å². The number of likely N-dealkylation sites (N-methyl/N-ethyl adjacent to an activating group) is 1. The predicted molar refractivity (Wildman–Crippen MR) is 151 cm³/mol. The van der Waals surface area contributed by atoms with E-state index in [1.807, 2.05) is 6.92 Å². The van der Waals surface area contributed by atoms with Crippen LogP contribution in [-0.4, -0.2) is 47.3 Å². The van der Waals surface area contributed by atoms with Crippen molar-refractivity contribution in [1.29, 1.82) is 0 Å². The van der Waals surface area contributed by atoms with E-state index in [-0.39, 0.29) is 39.7 Å². The predicted octanol–water partition coefficient (Wildman–Crippen LogP) is 3.72. The maximum absolute atomic E-state index is 12.4. The molecule has 11 nitrogen and oxygen atoms in total. The number of phenols is 1. The minimum atomic E-state index is -1.22. The number of urea groups is 1. The highest BCUT2D eigenvalue weighted by atomic mass is 16.4. The van der Waals surface area contributed by atoms with Gasteiger partial charge in [0, 0.05) is 47.4 Å². The van der Waals surface area contributed by atoms with Crippen LogP contribution in [0.25, 0.3) is 33.4 Å². The van der Waals surface area contributed by atoms with E-state index in [2.05, 4.69) is 16.0 Å². The van der Waals surface area contributed by atoms with E-state index < -0.39 is 18.0 Å². The molecule has 0 saturated carbocycles. The Labute approximate surface area is 229 Å². The molecule has 4 rings (SSSR count). The smallest absolute Gasteiger partial charge is 0.336 e. The van der Waals surface area contributed by atoms with Crippen molar-refractivity contribution in [2.45, 2.75) is 32.2 Å². The summed E-state index contributed by atoms with van der Waals surface area (Å²) < 4.78 is 5.84. The summed E-state index contributed by atoms with van der Waals surface area (Å²) in [4.78, 5) is 48.4.